The van der Waals surface area contributed by atoms with Crippen LogP contribution >= 0.6 is 23.6 Å². The van der Waals surface area contributed by atoms with Crippen molar-refractivity contribution in [2.24, 2.45) is 0 Å². The number of hydrogen-bond acceptors (Lipinski definition) is 2. The molecule has 0 fully saturated rings. The summed E-state index contributed by atoms with van der Waals surface area (Å²) in [7, 11) is -1.48. The summed E-state index contributed by atoms with van der Waals surface area (Å²) in [6.07, 6.45) is 15.5. The Morgan fingerprint density at radius 2 is 1.52 bits per heavy atom. The maximum Gasteiger partial charge on any atom is 0.297 e. The molecule has 3 unspecified atom stereocenters. The highest BCUT2D eigenvalue weighted by atomic mass is 32.5. The van der Waals surface area contributed by atoms with Gasteiger partial charge in [-0.1, -0.05) is 95.0 Å². The fraction of sp³-hybridized carbons (Fsp3) is 0.667. The Bertz CT molecular complexity index is 745. The molecule has 2 rings (SSSR count). The summed E-state index contributed by atoms with van der Waals surface area (Å²) in [6, 6.07) is 10.9. The molecule has 1 aromatic carbocycles. The quantitative estimate of drug-likeness (QED) is 0.369. The molecular weight excluding hydrogens is 415 g/mol. The summed E-state index contributed by atoms with van der Waals surface area (Å²) in [5.41, 5.74) is 1.50. The summed E-state index contributed by atoms with van der Waals surface area (Å²) in [5, 5.41) is 0. The Hall–Kier alpha value is -0.660. The molecule has 0 bridgehead atoms. The predicted molar refractivity (Wildman–Crippen MR) is 123 cm³/mol. The number of aromatic nitrogens is 3. The molecule has 0 amide bonds. The largest absolute Gasteiger partial charge is 0.302 e. The number of unbranched alkanes of at least 4 members (excludes halogenated alkanes) is 9. The van der Waals surface area contributed by atoms with Gasteiger partial charge in [-0.15, -0.1) is 0 Å². The molecule has 27 heavy (non-hydrogen) atoms. The number of nitrogens with one attached hydrogen (secondary N) is 2. The molecule has 0 saturated carbocycles. The van der Waals surface area contributed by atoms with Crippen LogP contribution < -0.4 is 4.51 Å². The van der Waals surface area contributed by atoms with Crippen molar-refractivity contribution < 1.29 is 8.42 Å². The van der Waals surface area contributed by atoms with Gasteiger partial charge in [0.05, 0.1) is 0 Å². The smallest absolute Gasteiger partial charge is 0.297 e. The van der Waals surface area contributed by atoms with Gasteiger partial charge in [0.2, 0.25) is 0 Å². The minimum Gasteiger partial charge on any atom is -0.302 e. The zero-order chi connectivity index (χ0) is 19.6. The minimum absolute atomic E-state index is 0.235. The van der Waals surface area contributed by atoms with Crippen LogP contribution in [0.3, 0.4) is 0 Å². The van der Waals surface area contributed by atoms with E-state index in [2.05, 4.69) is 50.8 Å². The molecule has 154 valence electrons. The topological polar surface area (TPSA) is 79.8 Å². The average molecular weight is 449 g/mol. The van der Waals surface area contributed by atoms with Crippen molar-refractivity contribution in [1.29, 1.82) is 0 Å². The first-order valence-corrected chi connectivity index (χ1v) is 14.8. The second-order valence-corrected chi connectivity index (χ2v) is 12.6. The molecule has 3 atom stereocenters. The molecule has 0 saturated heterocycles. The van der Waals surface area contributed by atoms with E-state index in [1.807, 2.05) is 0 Å². The van der Waals surface area contributed by atoms with Crippen molar-refractivity contribution in [1.82, 2.24) is 13.5 Å². The Morgan fingerprint density at radius 3 is 2.00 bits per heavy atom. The van der Waals surface area contributed by atoms with E-state index in [0.717, 1.165) is 0 Å². The van der Waals surface area contributed by atoms with Crippen molar-refractivity contribution in [2.45, 2.75) is 77.6 Å². The van der Waals surface area contributed by atoms with Gasteiger partial charge >= 0.3 is 0 Å². The molecule has 0 spiro atoms. The van der Waals surface area contributed by atoms with Gasteiger partial charge in [0, 0.05) is 17.0 Å². The van der Waals surface area contributed by atoms with Gasteiger partial charge in [-0.05, 0) is 18.4 Å². The van der Waals surface area contributed by atoms with E-state index in [-0.39, 0.29) is 8.51 Å². The first-order chi connectivity index (χ1) is 13.2. The summed E-state index contributed by atoms with van der Waals surface area (Å²) < 4.78 is 29.8. The zero-order valence-electron chi connectivity index (χ0n) is 16.3. The molecule has 1 heterocycles. The van der Waals surface area contributed by atoms with Gasteiger partial charge in [0.1, 0.15) is 0 Å². The monoisotopic (exact) mass is 449 g/mol. The van der Waals surface area contributed by atoms with Gasteiger partial charge in [-0.25, -0.2) is 4.51 Å². The van der Waals surface area contributed by atoms with Crippen LogP contribution in [0.25, 0.3) is 0 Å². The van der Waals surface area contributed by atoms with E-state index in [1.165, 1.54) is 76.2 Å². The number of rotatable bonds is 11. The summed E-state index contributed by atoms with van der Waals surface area (Å²) in [4.78, 5) is 0. The Morgan fingerprint density at radius 1 is 0.926 bits per heavy atom. The molecule has 0 aliphatic rings. The van der Waals surface area contributed by atoms with Gasteiger partial charge in [0.25, 0.3) is 9.88 Å². The Balaban J connectivity index is 0.000000337. The van der Waals surface area contributed by atoms with Crippen LogP contribution in [0.4, 0.5) is 0 Å². The number of aromatic amines is 2. The van der Waals surface area contributed by atoms with E-state index >= 15 is 0 Å². The van der Waals surface area contributed by atoms with Crippen LogP contribution in [0.15, 0.2) is 30.3 Å². The fourth-order valence-electron chi connectivity index (χ4n) is 2.73. The van der Waals surface area contributed by atoms with E-state index in [1.54, 1.807) is 0 Å². The highest BCUT2D eigenvalue weighted by molar-refractivity contribution is 8.07. The highest BCUT2D eigenvalue weighted by Gasteiger charge is 1.94. The van der Waals surface area contributed by atoms with Crippen molar-refractivity contribution >= 4 is 33.5 Å². The van der Waals surface area contributed by atoms with Crippen molar-refractivity contribution in [2.75, 3.05) is 0 Å². The van der Waals surface area contributed by atoms with Crippen LogP contribution in [0.2, 0.25) is 0 Å². The average Bonchev–Trinajstić information content (AvgIpc) is 2.71. The molecule has 0 aliphatic heterocycles. The molecular formula is C18H34N3O2P3S. The van der Waals surface area contributed by atoms with Gasteiger partial charge in [0.15, 0.2) is 6.63 Å². The van der Waals surface area contributed by atoms with Crippen molar-refractivity contribution in [3.63, 3.8) is 0 Å². The second-order valence-electron chi connectivity index (χ2n) is 6.48. The third kappa shape index (κ3) is 14.1. The van der Waals surface area contributed by atoms with Crippen LogP contribution in [0.5, 0.6) is 0 Å². The Kier molecular flexibility index (Phi) is 15.7. The van der Waals surface area contributed by atoms with Crippen LogP contribution in [0, 0.1) is 0 Å². The molecule has 0 aliphatic carbocycles. The normalized spacial score (nSPS) is 11.4. The SMILES string of the molecule is CCCCCCCCCCCCc1ccccc1.O=S(=O)=[p+]1[n-][pH][nH][pH][nH]1. The summed E-state index contributed by atoms with van der Waals surface area (Å²) in [6.45, 7) is 1.01. The number of H-pyrrole nitrogens is 2. The standard InChI is InChI=1S/C18H30.H4N3O2P3S/c1-2-3-4-5-6-7-8-9-10-12-15-18-16-13-11-14-17-18;4-9(5)8-2-6-1-7-3-8/h11,13-14,16-17H,2-10,12,15H2,1H3;1,6-7H,(H,2,3). The first kappa shape index (κ1) is 24.4. The van der Waals surface area contributed by atoms with Gasteiger partial charge < -0.3 is 4.51 Å². The summed E-state index contributed by atoms with van der Waals surface area (Å²) in [5.74, 6) is 0. The van der Waals surface area contributed by atoms with Crippen LogP contribution in [-0.2, 0) is 16.3 Å². The van der Waals surface area contributed by atoms with E-state index in [0.29, 0.717) is 8.51 Å². The molecule has 9 heteroatoms. The lowest BCUT2D eigenvalue weighted by Crippen LogP contribution is -1.86. The third-order valence-electron chi connectivity index (χ3n) is 4.21. The molecule has 0 radical (unpaired) electrons. The fourth-order valence-corrected chi connectivity index (χ4v) is 8.34. The van der Waals surface area contributed by atoms with Gasteiger partial charge in [-0.2, -0.15) is 8.42 Å². The molecule has 1 aromatic heterocycles. The van der Waals surface area contributed by atoms with Crippen LogP contribution in [-0.4, -0.2) is 17.4 Å². The van der Waals surface area contributed by atoms with Crippen molar-refractivity contribution in [3.8, 4) is 0 Å². The maximum absolute atomic E-state index is 10.2. The third-order valence-corrected chi connectivity index (χ3v) is 10.2. The molecule has 2 N–H and O–H groups in total. The van der Waals surface area contributed by atoms with E-state index in [4.69, 9.17) is 0 Å². The zero-order valence-corrected chi connectivity index (χ0v) is 20.0. The maximum atomic E-state index is 10.2. The van der Waals surface area contributed by atoms with Gasteiger partial charge in [-0.3, -0.25) is 4.51 Å². The predicted octanol–water partition coefficient (Wildman–Crippen LogP) is 6.83. The lowest BCUT2D eigenvalue weighted by molar-refractivity contribution is 0.556. The number of aryl methyl sites for hydroxylation is 1. The number of nitrogens with zero attached hydrogens (tertiary/aromatic N) is 1. The summed E-state index contributed by atoms with van der Waals surface area (Å²) >= 11 is 0. The Labute approximate surface area is 169 Å². The first-order valence-electron chi connectivity index (χ1n) is 9.88. The second kappa shape index (κ2) is 17.4. The highest BCUT2D eigenvalue weighted by Crippen LogP contribution is 2.12. The van der Waals surface area contributed by atoms with Crippen molar-refractivity contribution in [3.05, 3.63) is 35.9 Å². The van der Waals surface area contributed by atoms with E-state index in [9.17, 15) is 8.42 Å². The molecule has 2 aromatic rings. The molecule has 5 nitrogen and oxygen atoms in total. The number of benzene rings is 1. The van der Waals surface area contributed by atoms with E-state index < -0.39 is 16.5 Å². The number of hydrogen-bond donors (Lipinski definition) is 2. The minimum atomic E-state index is -2.04. The lowest BCUT2D eigenvalue weighted by Gasteiger charge is -2.03. The van der Waals surface area contributed by atoms with Crippen LogP contribution in [0.1, 0.15) is 76.7 Å². The lowest BCUT2D eigenvalue weighted by atomic mass is 10.0.